The lowest BCUT2D eigenvalue weighted by molar-refractivity contribution is -0.384. The Morgan fingerprint density at radius 1 is 1.54 bits per heavy atom. The van der Waals surface area contributed by atoms with Crippen molar-refractivity contribution >= 4 is 23.8 Å². The Hall–Kier alpha value is -1.62. The van der Waals surface area contributed by atoms with Gasteiger partial charge in [-0.25, -0.2) is 0 Å². The van der Waals surface area contributed by atoms with E-state index in [4.69, 9.17) is 11.6 Å². The molecule has 0 heterocycles. The summed E-state index contributed by atoms with van der Waals surface area (Å²) in [5, 5.41) is 10.3. The van der Waals surface area contributed by atoms with Crippen LogP contribution >= 0.6 is 11.6 Å². The zero-order chi connectivity index (χ0) is 9.84. The van der Waals surface area contributed by atoms with Crippen LogP contribution in [0.5, 0.6) is 5.75 Å². The maximum atomic E-state index is 10.3. The predicted molar refractivity (Wildman–Crippen MR) is 44.8 cm³/mol. The fourth-order valence-electron chi connectivity index (χ4n) is 0.751. The molecule has 0 saturated heterocycles. The fourth-order valence-corrected chi connectivity index (χ4v) is 0.970. The molecule has 0 radical (unpaired) electrons. The van der Waals surface area contributed by atoms with Gasteiger partial charge in [0.2, 0.25) is 0 Å². The Balaban J connectivity index is 3.04. The van der Waals surface area contributed by atoms with E-state index in [1.54, 1.807) is 0 Å². The maximum Gasteiger partial charge on any atom is 0.298 e. The molecule has 0 aromatic heterocycles. The van der Waals surface area contributed by atoms with E-state index in [9.17, 15) is 14.9 Å². The van der Waals surface area contributed by atoms with Crippen molar-refractivity contribution in [3.63, 3.8) is 0 Å². The average Bonchev–Trinajstić information content (AvgIpc) is 2.08. The number of hydrogen-bond acceptors (Lipinski definition) is 4. The normalized spacial score (nSPS) is 9.31. The molecule has 13 heavy (non-hydrogen) atoms. The molecule has 6 heteroatoms. The molecular weight excluding hydrogens is 198 g/mol. The molecule has 68 valence electrons. The van der Waals surface area contributed by atoms with Gasteiger partial charge in [-0.3, -0.25) is 14.9 Å². The van der Waals surface area contributed by atoms with Gasteiger partial charge >= 0.3 is 0 Å². The number of hydrogen-bond donors (Lipinski definition) is 0. The highest BCUT2D eigenvalue weighted by Gasteiger charge is 2.09. The minimum absolute atomic E-state index is 0.0290. The van der Waals surface area contributed by atoms with Crippen molar-refractivity contribution in [3.8, 4) is 5.75 Å². The van der Waals surface area contributed by atoms with Gasteiger partial charge in [0.1, 0.15) is 5.75 Å². The zero-order valence-electron chi connectivity index (χ0n) is 6.27. The molecule has 0 N–H and O–H groups in total. The van der Waals surface area contributed by atoms with E-state index in [1.165, 1.54) is 12.1 Å². The number of non-ortho nitro benzene ring substituents is 1. The summed E-state index contributed by atoms with van der Waals surface area (Å²) in [5.41, 5.74) is -0.150. The largest absolute Gasteiger partial charge is 0.427 e. The Morgan fingerprint density at radius 2 is 2.23 bits per heavy atom. The third-order valence-corrected chi connectivity index (χ3v) is 1.60. The summed E-state index contributed by atoms with van der Waals surface area (Å²) in [4.78, 5) is 19.6. The first-order valence-corrected chi connectivity index (χ1v) is 3.57. The van der Waals surface area contributed by atoms with Gasteiger partial charge in [0, 0.05) is 12.1 Å². The second-order valence-corrected chi connectivity index (χ2v) is 2.49. The molecule has 0 fully saturated rings. The van der Waals surface area contributed by atoms with Gasteiger partial charge in [-0.2, -0.15) is 0 Å². The summed E-state index contributed by atoms with van der Waals surface area (Å²) < 4.78 is 4.44. The van der Waals surface area contributed by atoms with Crippen LogP contribution in [0.2, 0.25) is 5.02 Å². The van der Waals surface area contributed by atoms with Crippen LogP contribution in [0.15, 0.2) is 18.2 Å². The van der Waals surface area contributed by atoms with E-state index in [2.05, 4.69) is 4.74 Å². The van der Waals surface area contributed by atoms with E-state index in [-0.39, 0.29) is 22.9 Å². The fraction of sp³-hybridized carbons (Fsp3) is 0. The lowest BCUT2D eigenvalue weighted by Crippen LogP contribution is -1.91. The third-order valence-electron chi connectivity index (χ3n) is 1.30. The lowest BCUT2D eigenvalue weighted by atomic mass is 10.3. The Morgan fingerprint density at radius 3 is 2.69 bits per heavy atom. The van der Waals surface area contributed by atoms with Crippen molar-refractivity contribution < 1.29 is 14.5 Å². The van der Waals surface area contributed by atoms with E-state index in [0.29, 0.717) is 0 Å². The summed E-state index contributed by atoms with van der Waals surface area (Å²) in [5.74, 6) is 0.0993. The summed E-state index contributed by atoms with van der Waals surface area (Å²) in [6, 6.07) is 3.57. The standard InChI is InChI=1S/C7H4ClNO4/c8-6-3-5(9(11)12)1-2-7(6)13-4-10/h1-4H. The van der Waals surface area contributed by atoms with Crippen LogP contribution in [0.25, 0.3) is 0 Å². The van der Waals surface area contributed by atoms with E-state index >= 15 is 0 Å². The number of carbonyl (C=O) groups excluding carboxylic acids is 1. The first-order valence-electron chi connectivity index (χ1n) is 3.19. The number of halogens is 1. The van der Waals surface area contributed by atoms with Crippen LogP contribution in [-0.4, -0.2) is 11.4 Å². The van der Waals surface area contributed by atoms with E-state index in [0.717, 1.165) is 6.07 Å². The molecule has 0 amide bonds. The Bertz CT molecular complexity index is 352. The highest BCUT2D eigenvalue weighted by Crippen LogP contribution is 2.27. The SMILES string of the molecule is O=COc1ccc([N+](=O)[O-])cc1Cl. The molecule has 0 atom stereocenters. The summed E-state index contributed by atoms with van der Waals surface area (Å²) >= 11 is 5.56. The molecule has 0 aliphatic rings. The van der Waals surface area contributed by atoms with Crippen LogP contribution in [0, 0.1) is 10.1 Å². The smallest absolute Gasteiger partial charge is 0.298 e. The summed E-state index contributed by atoms with van der Waals surface area (Å²) in [7, 11) is 0. The van der Waals surface area contributed by atoms with Crippen LogP contribution in [-0.2, 0) is 4.79 Å². The van der Waals surface area contributed by atoms with Crippen molar-refractivity contribution in [1.82, 2.24) is 0 Å². The number of benzene rings is 1. The number of ether oxygens (including phenoxy) is 1. The van der Waals surface area contributed by atoms with Crippen molar-refractivity contribution in [1.29, 1.82) is 0 Å². The van der Waals surface area contributed by atoms with Crippen LogP contribution < -0.4 is 4.74 Å². The van der Waals surface area contributed by atoms with Gasteiger partial charge in [0.25, 0.3) is 12.2 Å². The first kappa shape index (κ1) is 9.47. The zero-order valence-corrected chi connectivity index (χ0v) is 7.02. The second kappa shape index (κ2) is 3.86. The van der Waals surface area contributed by atoms with Crippen molar-refractivity contribution in [3.05, 3.63) is 33.3 Å². The molecule has 0 unspecified atom stereocenters. The number of nitrogens with zero attached hydrogens (tertiary/aromatic N) is 1. The highest BCUT2D eigenvalue weighted by atomic mass is 35.5. The van der Waals surface area contributed by atoms with Gasteiger partial charge < -0.3 is 4.74 Å². The van der Waals surface area contributed by atoms with E-state index in [1.807, 2.05) is 0 Å². The van der Waals surface area contributed by atoms with Crippen molar-refractivity contribution in [2.45, 2.75) is 0 Å². The summed E-state index contributed by atoms with van der Waals surface area (Å²) in [6.45, 7) is 0.201. The molecule has 1 rings (SSSR count). The maximum absolute atomic E-state index is 10.3. The third kappa shape index (κ3) is 2.16. The van der Waals surface area contributed by atoms with Crippen molar-refractivity contribution in [2.24, 2.45) is 0 Å². The predicted octanol–water partition coefficient (Wildman–Crippen LogP) is 1.78. The Labute approximate surface area is 78.0 Å². The number of carbonyl (C=O) groups is 1. The van der Waals surface area contributed by atoms with Gasteiger partial charge in [-0.15, -0.1) is 0 Å². The quantitative estimate of drug-likeness (QED) is 0.425. The topological polar surface area (TPSA) is 69.4 Å². The molecular formula is C7H4ClNO4. The number of nitro benzene ring substituents is 1. The summed E-state index contributed by atoms with van der Waals surface area (Å²) in [6.07, 6.45) is 0. The van der Waals surface area contributed by atoms with E-state index < -0.39 is 4.92 Å². The lowest BCUT2D eigenvalue weighted by Gasteiger charge is -1.99. The molecule has 1 aromatic carbocycles. The monoisotopic (exact) mass is 201 g/mol. The second-order valence-electron chi connectivity index (χ2n) is 2.09. The van der Waals surface area contributed by atoms with Gasteiger partial charge in [-0.05, 0) is 6.07 Å². The average molecular weight is 202 g/mol. The molecule has 0 saturated carbocycles. The minimum Gasteiger partial charge on any atom is -0.427 e. The van der Waals surface area contributed by atoms with Crippen LogP contribution in [0.3, 0.4) is 0 Å². The Kier molecular flexibility index (Phi) is 2.81. The molecule has 0 aliphatic carbocycles. The number of nitro groups is 1. The van der Waals surface area contributed by atoms with Crippen molar-refractivity contribution in [2.75, 3.05) is 0 Å². The number of rotatable bonds is 3. The van der Waals surface area contributed by atoms with Gasteiger partial charge in [-0.1, -0.05) is 11.6 Å². The highest BCUT2D eigenvalue weighted by molar-refractivity contribution is 6.32. The minimum atomic E-state index is -0.587. The molecule has 0 spiro atoms. The molecule has 5 nitrogen and oxygen atoms in total. The van der Waals surface area contributed by atoms with Gasteiger partial charge in [0.05, 0.1) is 9.95 Å². The van der Waals surface area contributed by atoms with Crippen LogP contribution in [0.4, 0.5) is 5.69 Å². The molecule has 0 aliphatic heterocycles. The van der Waals surface area contributed by atoms with Crippen LogP contribution in [0.1, 0.15) is 0 Å². The molecule has 0 bridgehead atoms. The first-order chi connectivity index (χ1) is 6.15. The molecule has 1 aromatic rings. The van der Waals surface area contributed by atoms with Gasteiger partial charge in [0.15, 0.2) is 0 Å².